The van der Waals surface area contributed by atoms with Crippen LogP contribution in [0.3, 0.4) is 0 Å². The first-order chi connectivity index (χ1) is 13.2. The van der Waals surface area contributed by atoms with Gasteiger partial charge in [0.05, 0.1) is 4.88 Å². The van der Waals surface area contributed by atoms with Gasteiger partial charge in [-0.25, -0.2) is 0 Å². The number of carbonyl (C=O) groups is 2. The van der Waals surface area contributed by atoms with Gasteiger partial charge in [-0.15, -0.1) is 21.5 Å². The van der Waals surface area contributed by atoms with Crippen LogP contribution in [-0.4, -0.2) is 33.8 Å². The predicted molar refractivity (Wildman–Crippen MR) is 111 cm³/mol. The van der Waals surface area contributed by atoms with E-state index in [1.165, 1.54) is 22.7 Å². The third kappa shape index (κ3) is 5.62. The van der Waals surface area contributed by atoms with Crippen molar-refractivity contribution in [2.75, 3.05) is 11.1 Å². The van der Waals surface area contributed by atoms with Gasteiger partial charge in [-0.05, 0) is 22.8 Å². The third-order valence-corrected chi connectivity index (χ3v) is 6.28. The Balaban J connectivity index is 1.72. The number of nitrogens with zero attached hydrogens (tertiary/aromatic N) is 2. The summed E-state index contributed by atoms with van der Waals surface area (Å²) in [5.41, 5.74) is 0.962. The molecule has 1 unspecified atom stereocenters. The maximum atomic E-state index is 12.8. The van der Waals surface area contributed by atoms with Gasteiger partial charge < -0.3 is 5.32 Å². The van der Waals surface area contributed by atoms with Crippen molar-refractivity contribution in [2.45, 2.75) is 23.7 Å². The Bertz CT molecular complexity index is 881. The molecule has 0 saturated heterocycles. The highest BCUT2D eigenvalue weighted by atomic mass is 32.2. The summed E-state index contributed by atoms with van der Waals surface area (Å²) in [6.07, 6.45) is 0.388. The molecule has 0 saturated carbocycles. The topological polar surface area (TPSA) is 84.0 Å². The quantitative estimate of drug-likeness (QED) is 0.431. The molecule has 2 aromatic heterocycles. The van der Waals surface area contributed by atoms with Gasteiger partial charge in [0.25, 0.3) is 5.91 Å². The summed E-state index contributed by atoms with van der Waals surface area (Å²) >= 11 is 4.23. The summed E-state index contributed by atoms with van der Waals surface area (Å²) in [7, 11) is 0. The van der Waals surface area contributed by atoms with E-state index >= 15 is 0 Å². The van der Waals surface area contributed by atoms with E-state index in [1.807, 2.05) is 42.6 Å². The number of hydrogen-bond donors (Lipinski definition) is 2. The predicted octanol–water partition coefficient (Wildman–Crippen LogP) is 3.69. The van der Waals surface area contributed by atoms with Crippen LogP contribution in [0, 0.1) is 0 Å². The Morgan fingerprint density at radius 1 is 1.15 bits per heavy atom. The van der Waals surface area contributed by atoms with E-state index in [0.717, 1.165) is 15.7 Å². The van der Waals surface area contributed by atoms with Gasteiger partial charge in [-0.3, -0.25) is 14.9 Å². The summed E-state index contributed by atoms with van der Waals surface area (Å²) < 4.78 is 0.801. The maximum Gasteiger partial charge on any atom is 0.262 e. The van der Waals surface area contributed by atoms with Gasteiger partial charge in [-0.1, -0.05) is 66.4 Å². The minimum absolute atomic E-state index is 0.263. The zero-order chi connectivity index (χ0) is 19.1. The summed E-state index contributed by atoms with van der Waals surface area (Å²) in [4.78, 5) is 25.8. The molecule has 2 N–H and O–H groups in total. The van der Waals surface area contributed by atoms with E-state index in [4.69, 9.17) is 0 Å². The molecule has 1 aromatic carbocycles. The molecule has 0 radical (unpaired) electrons. The van der Waals surface area contributed by atoms with Crippen LogP contribution in [0.5, 0.6) is 0 Å². The number of thioether (sulfide) groups is 1. The van der Waals surface area contributed by atoms with Crippen LogP contribution in [0.25, 0.3) is 0 Å². The lowest BCUT2D eigenvalue weighted by Gasteiger charge is -2.17. The Morgan fingerprint density at radius 3 is 2.67 bits per heavy atom. The van der Waals surface area contributed by atoms with E-state index in [-0.39, 0.29) is 11.8 Å². The molecule has 0 aliphatic carbocycles. The van der Waals surface area contributed by atoms with Crippen molar-refractivity contribution in [1.82, 2.24) is 15.5 Å². The zero-order valence-corrected chi connectivity index (χ0v) is 17.0. The summed E-state index contributed by atoms with van der Waals surface area (Å²) in [6.45, 7) is 2.03. The van der Waals surface area contributed by atoms with Gasteiger partial charge in [0.15, 0.2) is 4.34 Å². The van der Waals surface area contributed by atoms with Crippen LogP contribution in [0.2, 0.25) is 0 Å². The SMILES string of the molecule is CCSc1nnc(NC(=O)C(Cc2ccccc2)NC(=O)c2cccs2)s1. The maximum absolute atomic E-state index is 12.8. The van der Waals surface area contributed by atoms with E-state index < -0.39 is 6.04 Å². The van der Waals surface area contributed by atoms with Crippen LogP contribution in [0.4, 0.5) is 5.13 Å². The average Bonchev–Trinajstić information content (AvgIpc) is 3.34. The van der Waals surface area contributed by atoms with Crippen molar-refractivity contribution in [2.24, 2.45) is 0 Å². The lowest BCUT2D eigenvalue weighted by molar-refractivity contribution is -0.118. The third-order valence-electron chi connectivity index (χ3n) is 3.55. The van der Waals surface area contributed by atoms with Crippen molar-refractivity contribution in [3.63, 3.8) is 0 Å². The summed E-state index contributed by atoms with van der Waals surface area (Å²) in [5.74, 6) is 0.310. The van der Waals surface area contributed by atoms with Gasteiger partial charge in [0.2, 0.25) is 11.0 Å². The average molecular weight is 419 g/mol. The lowest BCUT2D eigenvalue weighted by atomic mass is 10.1. The monoisotopic (exact) mass is 418 g/mol. The Labute approximate surface area is 169 Å². The van der Waals surface area contributed by atoms with Crippen molar-refractivity contribution in [3.05, 3.63) is 58.3 Å². The second-order valence-electron chi connectivity index (χ2n) is 5.49. The molecule has 3 aromatic rings. The standard InChI is InChI=1S/C18H18N4O2S3/c1-2-25-18-22-21-17(27-18)20-15(23)13(11-12-7-4-3-5-8-12)19-16(24)14-9-6-10-26-14/h3-10,13H,2,11H2,1H3,(H,19,24)(H,20,21,23). The number of benzene rings is 1. The number of rotatable bonds is 8. The largest absolute Gasteiger partial charge is 0.339 e. The van der Waals surface area contributed by atoms with Crippen LogP contribution in [0.1, 0.15) is 22.2 Å². The van der Waals surface area contributed by atoms with Crippen molar-refractivity contribution in [3.8, 4) is 0 Å². The van der Waals surface area contributed by atoms with E-state index in [9.17, 15) is 9.59 Å². The molecule has 3 rings (SSSR count). The molecule has 0 fully saturated rings. The van der Waals surface area contributed by atoms with Gasteiger partial charge in [0, 0.05) is 6.42 Å². The Hall–Kier alpha value is -2.23. The first-order valence-corrected chi connectivity index (χ1v) is 11.0. The van der Waals surface area contributed by atoms with Crippen LogP contribution < -0.4 is 10.6 Å². The highest BCUT2D eigenvalue weighted by molar-refractivity contribution is 8.01. The number of thiophene rings is 1. The van der Waals surface area contributed by atoms with E-state index in [2.05, 4.69) is 20.8 Å². The molecule has 1 atom stereocenters. The second kappa shape index (κ2) is 9.63. The van der Waals surface area contributed by atoms with Crippen LogP contribution in [-0.2, 0) is 11.2 Å². The molecule has 9 heteroatoms. The Kier molecular flexibility index (Phi) is 6.97. The number of carbonyl (C=O) groups excluding carboxylic acids is 2. The molecule has 2 heterocycles. The summed E-state index contributed by atoms with van der Waals surface area (Å²) in [6, 6.07) is 12.4. The molecule has 0 aliphatic heterocycles. The smallest absolute Gasteiger partial charge is 0.262 e. The van der Waals surface area contributed by atoms with Crippen molar-refractivity contribution in [1.29, 1.82) is 0 Å². The highest BCUT2D eigenvalue weighted by Gasteiger charge is 2.23. The number of aromatic nitrogens is 2. The fraction of sp³-hybridized carbons (Fsp3) is 0.222. The van der Waals surface area contributed by atoms with Gasteiger partial charge in [0.1, 0.15) is 6.04 Å². The number of amides is 2. The zero-order valence-electron chi connectivity index (χ0n) is 14.5. The molecule has 2 amide bonds. The molecule has 0 aliphatic rings. The first-order valence-electron chi connectivity index (χ1n) is 8.31. The molecular formula is C18H18N4O2S3. The molecule has 140 valence electrons. The minimum Gasteiger partial charge on any atom is -0.339 e. The fourth-order valence-electron chi connectivity index (χ4n) is 2.33. The normalized spacial score (nSPS) is 11.7. The second-order valence-corrected chi connectivity index (χ2v) is 8.92. The van der Waals surface area contributed by atoms with Crippen LogP contribution in [0.15, 0.2) is 52.2 Å². The van der Waals surface area contributed by atoms with Gasteiger partial charge in [-0.2, -0.15) is 0 Å². The molecule has 0 bridgehead atoms. The van der Waals surface area contributed by atoms with E-state index in [0.29, 0.717) is 16.4 Å². The lowest BCUT2D eigenvalue weighted by Crippen LogP contribution is -2.45. The molecule has 6 nitrogen and oxygen atoms in total. The number of hydrogen-bond acceptors (Lipinski definition) is 7. The number of anilines is 1. The Morgan fingerprint density at radius 2 is 1.96 bits per heavy atom. The number of nitrogens with one attached hydrogen (secondary N) is 2. The molecule has 27 heavy (non-hydrogen) atoms. The summed E-state index contributed by atoms with van der Waals surface area (Å²) in [5, 5.41) is 15.9. The molecule has 0 spiro atoms. The van der Waals surface area contributed by atoms with Crippen molar-refractivity contribution < 1.29 is 9.59 Å². The van der Waals surface area contributed by atoms with Gasteiger partial charge >= 0.3 is 0 Å². The minimum atomic E-state index is -0.715. The van der Waals surface area contributed by atoms with Crippen LogP contribution >= 0.6 is 34.4 Å². The molecular weight excluding hydrogens is 400 g/mol. The first kappa shape index (κ1) is 19.5. The van der Waals surface area contributed by atoms with E-state index in [1.54, 1.807) is 23.9 Å². The fourth-order valence-corrected chi connectivity index (χ4v) is 4.61. The van der Waals surface area contributed by atoms with Crippen molar-refractivity contribution >= 4 is 51.4 Å². The highest BCUT2D eigenvalue weighted by Crippen LogP contribution is 2.25.